The molecule has 4 aromatic rings. The molecule has 0 N–H and O–H groups in total. The van der Waals surface area contributed by atoms with E-state index in [4.69, 9.17) is 36.8 Å². The second-order valence-corrected chi connectivity index (χ2v) is 14.3. The van der Waals surface area contributed by atoms with E-state index in [1.54, 1.807) is 27.7 Å². The van der Waals surface area contributed by atoms with Gasteiger partial charge in [-0.25, -0.2) is 47.5 Å². The molecule has 4 aliphatic carbocycles. The maximum Gasteiger partial charge on any atom is 0.525 e. The second kappa shape index (κ2) is 16.5. The second-order valence-electron chi connectivity index (χ2n) is 14.3. The van der Waals surface area contributed by atoms with Crippen LogP contribution in [-0.4, -0.2) is 29.9 Å². The lowest BCUT2D eigenvalue weighted by atomic mass is 9.92. The third kappa shape index (κ3) is 6.87. The summed E-state index contributed by atoms with van der Waals surface area (Å²) in [6.07, 6.45) is 3.16. The van der Waals surface area contributed by atoms with Gasteiger partial charge in [0, 0.05) is 47.1 Å². The van der Waals surface area contributed by atoms with E-state index in [1.165, 1.54) is 12.1 Å². The van der Waals surface area contributed by atoms with Crippen LogP contribution < -0.4 is 20.9 Å². The molecule has 0 saturated heterocycles. The molecule has 64 heavy (non-hydrogen) atoms. The monoisotopic (exact) mass is 846 g/mol. The number of rotatable bonds is 2. The van der Waals surface area contributed by atoms with Crippen molar-refractivity contribution in [2.75, 3.05) is 0 Å². The Bertz CT molecular complexity index is 3340. The maximum atomic E-state index is 14.8. The SMILES string of the molecule is [C-]#[N+]C([N+]#[C-])=C1C=c2c(c(-c3nc(C)nc(C)n3)c3c(c2-c2nc(C)nc(C)n2)CC(=C(C#N)C#N)C=3)C1.[C-]#[N+]C([N+]#[C-])=C1Cc2c(F)c3c(c(F)c2=C1F)CC(=C(C#N)C#N)C=3F. The number of halogens is 4. The highest BCUT2D eigenvalue weighted by Crippen LogP contribution is 2.35. The molecule has 0 spiro atoms. The van der Waals surface area contributed by atoms with Crippen molar-refractivity contribution in [1.29, 1.82) is 21.0 Å². The van der Waals surface area contributed by atoms with Crippen LogP contribution in [0.2, 0.25) is 0 Å². The van der Waals surface area contributed by atoms with Crippen LogP contribution in [-0.2, 0) is 25.7 Å². The third-order valence-corrected chi connectivity index (χ3v) is 10.6. The van der Waals surface area contributed by atoms with Gasteiger partial charge >= 0.3 is 11.6 Å². The number of fused-ring (bicyclic) bond motifs is 4. The summed E-state index contributed by atoms with van der Waals surface area (Å²) in [6.45, 7) is 35.9. The fourth-order valence-electron chi connectivity index (χ4n) is 8.10. The summed E-state index contributed by atoms with van der Waals surface area (Å²) in [5, 5.41) is 37.0. The van der Waals surface area contributed by atoms with E-state index in [9.17, 15) is 28.1 Å². The Balaban J connectivity index is 0.000000206. The summed E-state index contributed by atoms with van der Waals surface area (Å²) in [5.74, 6) is -2.50. The molecule has 4 aliphatic rings. The number of aromatic nitrogens is 6. The van der Waals surface area contributed by atoms with Crippen molar-refractivity contribution >= 4 is 23.8 Å². The van der Waals surface area contributed by atoms with Crippen LogP contribution >= 0.6 is 0 Å². The lowest BCUT2D eigenvalue weighted by Gasteiger charge is -2.15. The summed E-state index contributed by atoms with van der Waals surface area (Å²) < 4.78 is 58.7. The highest BCUT2D eigenvalue weighted by Gasteiger charge is 2.36. The van der Waals surface area contributed by atoms with E-state index in [-0.39, 0.29) is 11.4 Å². The minimum absolute atomic E-state index is 0.00918. The minimum Gasteiger partial charge on any atom is -0.219 e. The Labute approximate surface area is 360 Å². The summed E-state index contributed by atoms with van der Waals surface area (Å²) in [4.78, 5) is 39.7. The smallest absolute Gasteiger partial charge is 0.219 e. The Morgan fingerprint density at radius 2 is 0.875 bits per heavy atom. The van der Waals surface area contributed by atoms with Crippen LogP contribution in [0.15, 0.2) is 45.1 Å². The summed E-state index contributed by atoms with van der Waals surface area (Å²) in [6, 6.07) is 6.92. The molecule has 304 valence electrons. The van der Waals surface area contributed by atoms with Gasteiger partial charge in [-0.15, -0.1) is 0 Å². The quantitative estimate of drug-likeness (QED) is 0.145. The molecule has 2 aromatic carbocycles. The first-order valence-corrected chi connectivity index (χ1v) is 18.6. The molecule has 0 fully saturated rings. The van der Waals surface area contributed by atoms with Crippen LogP contribution in [0, 0.1) is 111 Å². The lowest BCUT2D eigenvalue weighted by Crippen LogP contribution is -2.26. The number of nitrogens with zero attached hydrogens (tertiary/aromatic N) is 14. The van der Waals surface area contributed by atoms with Crippen molar-refractivity contribution in [2.45, 2.75) is 53.4 Å². The molecule has 14 nitrogen and oxygen atoms in total. The third-order valence-electron chi connectivity index (χ3n) is 10.6. The molecule has 0 bridgehead atoms. The molecule has 0 unspecified atom stereocenters. The van der Waals surface area contributed by atoms with Crippen molar-refractivity contribution < 1.29 is 17.6 Å². The average molecular weight is 847 g/mol. The molecule has 0 radical (unpaired) electrons. The molecule has 18 heteroatoms. The minimum atomic E-state index is -1.24. The van der Waals surface area contributed by atoms with Gasteiger partial charge in [0.25, 0.3) is 0 Å². The fraction of sp³-hybridized carbons (Fsp3) is 0.174. The summed E-state index contributed by atoms with van der Waals surface area (Å²) in [7, 11) is 0. The van der Waals surface area contributed by atoms with E-state index in [1.807, 2.05) is 24.3 Å². The van der Waals surface area contributed by atoms with Gasteiger partial charge in [-0.3, -0.25) is 0 Å². The zero-order valence-electron chi connectivity index (χ0n) is 33.8. The molecular weight excluding hydrogens is 825 g/mol. The van der Waals surface area contributed by atoms with Gasteiger partial charge in [0.2, 0.25) is 0 Å². The first-order valence-electron chi connectivity index (χ1n) is 18.6. The van der Waals surface area contributed by atoms with Crippen molar-refractivity contribution in [2.24, 2.45) is 0 Å². The van der Waals surface area contributed by atoms with E-state index in [0.29, 0.717) is 58.9 Å². The largest absolute Gasteiger partial charge is 0.525 e. The number of aryl methyl sites for hydroxylation is 4. The number of hydrogen-bond acceptors (Lipinski definition) is 10. The Kier molecular flexibility index (Phi) is 11.0. The van der Waals surface area contributed by atoms with Gasteiger partial charge in [0.1, 0.15) is 108 Å². The number of benzene rings is 2. The van der Waals surface area contributed by atoms with Crippen molar-refractivity contribution in [3.8, 4) is 47.1 Å². The normalized spacial score (nSPS) is 13.3. The zero-order valence-corrected chi connectivity index (χ0v) is 33.8. The van der Waals surface area contributed by atoms with Crippen molar-refractivity contribution in [3.05, 3.63) is 169 Å². The molecule has 0 saturated carbocycles. The van der Waals surface area contributed by atoms with Crippen LogP contribution in [0.4, 0.5) is 17.6 Å². The topological polar surface area (TPSA) is 190 Å². The molecule has 2 heterocycles. The number of allylic oxidation sites excluding steroid dienone is 6. The molecule has 8 rings (SSSR count). The van der Waals surface area contributed by atoms with E-state index in [0.717, 1.165) is 32.7 Å². The Morgan fingerprint density at radius 1 is 0.500 bits per heavy atom. The predicted octanol–water partition coefficient (Wildman–Crippen LogP) is 5.32. The number of hydrogen-bond donors (Lipinski definition) is 0. The molecule has 0 aliphatic heterocycles. The molecular formula is C46H22F4N14. The maximum absolute atomic E-state index is 14.8. The lowest BCUT2D eigenvalue weighted by molar-refractivity contribution is 0.563. The van der Waals surface area contributed by atoms with Crippen LogP contribution in [0.3, 0.4) is 0 Å². The van der Waals surface area contributed by atoms with Gasteiger partial charge < -0.3 is 0 Å². The van der Waals surface area contributed by atoms with Gasteiger partial charge in [0.15, 0.2) is 11.6 Å². The van der Waals surface area contributed by atoms with Crippen LogP contribution in [0.25, 0.3) is 66.0 Å². The van der Waals surface area contributed by atoms with E-state index in [2.05, 4.69) is 49.3 Å². The highest BCUT2D eigenvalue weighted by atomic mass is 19.1. The zero-order chi connectivity index (χ0) is 46.3. The number of nitriles is 4. The first kappa shape index (κ1) is 42.7. The van der Waals surface area contributed by atoms with Crippen LogP contribution in [0.1, 0.15) is 45.6 Å². The van der Waals surface area contributed by atoms with Gasteiger partial charge in [-0.05, 0) is 67.3 Å². The predicted molar refractivity (Wildman–Crippen MR) is 218 cm³/mol. The molecule has 0 amide bonds. The molecule has 2 aromatic heterocycles. The first-order chi connectivity index (χ1) is 30.7. The van der Waals surface area contributed by atoms with Gasteiger partial charge in [0.05, 0.1) is 21.6 Å². The Hall–Kier alpha value is -9.46. The van der Waals surface area contributed by atoms with Crippen molar-refractivity contribution in [1.82, 2.24) is 29.9 Å². The fourth-order valence-corrected chi connectivity index (χ4v) is 8.10. The standard InChI is InChI=1S/C28H18N10.C18H4F4N4/c1-13-33-14(2)36-27(35-13)24-20-7-17(19(11-29)12-30)8-21(20)25(28-37-15(3)34-16(4)38-28)23-10-18(9-22(23)24)26(31-5)32-6;1-25-18(26-2)11-4-10-13(17(11)22)15(20)9-3-8(7(5-23)6-24)14(19)12(9)16(10)21/h7,10H,8-9H2,1-4H3;3-4H2. The summed E-state index contributed by atoms with van der Waals surface area (Å²) >= 11 is 0. The van der Waals surface area contributed by atoms with E-state index >= 15 is 0 Å². The van der Waals surface area contributed by atoms with Gasteiger partial charge in [-0.2, -0.15) is 40.4 Å². The Morgan fingerprint density at radius 3 is 1.28 bits per heavy atom. The summed E-state index contributed by atoms with van der Waals surface area (Å²) in [5.41, 5.74) is 1.78. The average Bonchev–Trinajstić information content (AvgIpc) is 4.05. The van der Waals surface area contributed by atoms with Gasteiger partial charge in [-0.1, -0.05) is 6.08 Å². The van der Waals surface area contributed by atoms with E-state index < -0.39 is 80.2 Å². The molecule has 0 atom stereocenters. The van der Waals surface area contributed by atoms with Crippen molar-refractivity contribution in [3.63, 3.8) is 0 Å². The highest BCUT2D eigenvalue weighted by molar-refractivity contribution is 5.84. The van der Waals surface area contributed by atoms with Crippen LogP contribution in [0.5, 0.6) is 0 Å².